The van der Waals surface area contributed by atoms with Gasteiger partial charge >= 0.3 is 0 Å². The van der Waals surface area contributed by atoms with Crippen LogP contribution in [0.5, 0.6) is 5.75 Å². The summed E-state index contributed by atoms with van der Waals surface area (Å²) in [4.78, 5) is 23.2. The molecule has 0 radical (unpaired) electrons. The van der Waals surface area contributed by atoms with Gasteiger partial charge in [-0.05, 0) is 11.6 Å². The van der Waals surface area contributed by atoms with Crippen LogP contribution in [0.2, 0.25) is 0 Å². The lowest BCUT2D eigenvalue weighted by Gasteiger charge is -2.05. The largest absolute Gasteiger partial charge is 0.507 e. The fourth-order valence-corrected chi connectivity index (χ4v) is 1.08. The first-order chi connectivity index (χ1) is 6.43. The quantitative estimate of drug-likeness (QED) is 0.745. The number of aromatic nitrogens is 1. The summed E-state index contributed by atoms with van der Waals surface area (Å²) in [6.45, 7) is 0. The Morgan fingerprint density at radius 3 is 2.57 bits per heavy atom. The lowest BCUT2D eigenvalue weighted by molar-refractivity contribution is 0.105. The number of hydrogen-bond donors (Lipinski definition) is 2. The molecule has 1 aromatic heterocycles. The van der Waals surface area contributed by atoms with Gasteiger partial charge in [0.2, 0.25) is 0 Å². The Hall–Kier alpha value is -1.43. The van der Waals surface area contributed by atoms with Crippen molar-refractivity contribution < 1.29 is 18.7 Å². The van der Waals surface area contributed by atoms with E-state index < -0.39 is 34.2 Å². The minimum absolute atomic E-state index is 0.546. The van der Waals surface area contributed by atoms with Crippen molar-refractivity contribution in [2.24, 2.45) is 0 Å². The van der Waals surface area contributed by atoms with E-state index in [1.54, 1.807) is 0 Å². The molecule has 0 aliphatic heterocycles. The van der Waals surface area contributed by atoms with Gasteiger partial charge in [0.1, 0.15) is 11.4 Å². The third-order valence-corrected chi connectivity index (χ3v) is 1.67. The van der Waals surface area contributed by atoms with E-state index in [9.17, 15) is 18.4 Å². The highest BCUT2D eigenvalue weighted by Crippen LogP contribution is 2.29. The number of alkyl halides is 2. The molecule has 1 rings (SSSR count). The van der Waals surface area contributed by atoms with Gasteiger partial charge in [-0.3, -0.25) is 9.59 Å². The summed E-state index contributed by atoms with van der Waals surface area (Å²) in [5.41, 5.74) is -2.63. The number of H-pyrrole nitrogens is 1. The molecule has 0 bridgehead atoms. The molecule has 7 heteroatoms. The lowest BCUT2D eigenvalue weighted by atomic mass is 10.2. The first-order valence-electron chi connectivity index (χ1n) is 3.37. The number of hydrogen-bond acceptors (Lipinski definition) is 3. The Balaban J connectivity index is 3.52. The molecule has 1 aromatic rings. The monoisotopic (exact) mass is 223 g/mol. The van der Waals surface area contributed by atoms with Crippen molar-refractivity contribution in [3.63, 3.8) is 0 Å². The maximum Gasteiger partial charge on any atom is 0.269 e. The van der Waals surface area contributed by atoms with Crippen LogP contribution in [0, 0.1) is 0 Å². The molecule has 0 unspecified atom stereocenters. The van der Waals surface area contributed by atoms with Gasteiger partial charge in [0, 0.05) is 6.07 Å². The van der Waals surface area contributed by atoms with E-state index >= 15 is 0 Å². The SMILES string of the molecule is O=C(Cl)c1[nH]c(=O)cc(O)c1C(F)F. The average Bonchev–Trinajstić information content (AvgIpc) is 2.01. The van der Waals surface area contributed by atoms with Crippen LogP contribution in [-0.2, 0) is 0 Å². The van der Waals surface area contributed by atoms with Crippen molar-refractivity contribution in [3.05, 3.63) is 27.7 Å². The predicted octanol–water partition coefficient (Wildman–Crippen LogP) is 1.40. The zero-order valence-corrected chi connectivity index (χ0v) is 7.31. The lowest BCUT2D eigenvalue weighted by Crippen LogP contribution is -2.13. The minimum Gasteiger partial charge on any atom is -0.507 e. The van der Waals surface area contributed by atoms with Crippen molar-refractivity contribution >= 4 is 16.8 Å². The summed E-state index contributed by atoms with van der Waals surface area (Å²) in [7, 11) is 0. The summed E-state index contributed by atoms with van der Waals surface area (Å²) < 4.78 is 24.6. The van der Waals surface area contributed by atoms with Crippen LogP contribution >= 0.6 is 11.6 Å². The van der Waals surface area contributed by atoms with Crippen molar-refractivity contribution in [1.82, 2.24) is 4.98 Å². The van der Waals surface area contributed by atoms with Crippen LogP contribution in [0.1, 0.15) is 22.5 Å². The molecule has 0 atom stereocenters. The van der Waals surface area contributed by atoms with Gasteiger partial charge in [-0.15, -0.1) is 0 Å². The zero-order chi connectivity index (χ0) is 10.9. The average molecular weight is 224 g/mol. The highest BCUT2D eigenvalue weighted by atomic mass is 35.5. The number of carbonyl (C=O) groups is 1. The van der Waals surface area contributed by atoms with Gasteiger partial charge in [-0.25, -0.2) is 8.78 Å². The molecule has 0 saturated heterocycles. The molecule has 0 saturated carbocycles. The van der Waals surface area contributed by atoms with Gasteiger partial charge in [-0.2, -0.15) is 0 Å². The topological polar surface area (TPSA) is 70.2 Å². The number of carbonyl (C=O) groups excluding carboxylic acids is 1. The molecule has 2 N–H and O–H groups in total. The Labute approximate surface area is 81.1 Å². The zero-order valence-electron chi connectivity index (χ0n) is 6.55. The molecular formula is C7H4ClF2NO3. The minimum atomic E-state index is -3.09. The summed E-state index contributed by atoms with van der Waals surface area (Å²) >= 11 is 4.94. The van der Waals surface area contributed by atoms with E-state index in [2.05, 4.69) is 0 Å². The number of nitrogens with one attached hydrogen (secondary N) is 1. The van der Waals surface area contributed by atoms with Gasteiger partial charge in [-0.1, -0.05) is 0 Å². The van der Waals surface area contributed by atoms with Gasteiger partial charge in [0.15, 0.2) is 0 Å². The second-order valence-corrected chi connectivity index (χ2v) is 2.73. The highest BCUT2D eigenvalue weighted by molar-refractivity contribution is 6.67. The van der Waals surface area contributed by atoms with Gasteiger partial charge in [0.25, 0.3) is 17.2 Å². The van der Waals surface area contributed by atoms with Crippen LogP contribution in [0.4, 0.5) is 8.78 Å². The van der Waals surface area contributed by atoms with E-state index in [4.69, 9.17) is 16.7 Å². The third kappa shape index (κ3) is 1.90. The van der Waals surface area contributed by atoms with E-state index in [-0.39, 0.29) is 0 Å². The van der Waals surface area contributed by atoms with Gasteiger partial charge < -0.3 is 10.1 Å². The number of aromatic amines is 1. The second-order valence-electron chi connectivity index (χ2n) is 2.38. The van der Waals surface area contributed by atoms with Crippen LogP contribution in [-0.4, -0.2) is 15.3 Å². The molecule has 0 fully saturated rings. The number of halogens is 3. The summed E-state index contributed by atoms with van der Waals surface area (Å²) in [5, 5.41) is 7.72. The van der Waals surface area contributed by atoms with Crippen LogP contribution < -0.4 is 5.56 Å². The number of pyridine rings is 1. The molecule has 0 aromatic carbocycles. The summed E-state index contributed by atoms with van der Waals surface area (Å²) in [6.07, 6.45) is -3.09. The van der Waals surface area contributed by atoms with Crippen LogP contribution in [0.25, 0.3) is 0 Å². The van der Waals surface area contributed by atoms with Crippen molar-refractivity contribution in [3.8, 4) is 5.75 Å². The standard InChI is InChI=1S/C7H4ClF2NO3/c8-6(14)5-4(7(9)10)2(12)1-3(13)11-5/h1,7H,(H2,11,12,13). The molecule has 0 aliphatic rings. The van der Waals surface area contributed by atoms with E-state index in [1.165, 1.54) is 0 Å². The first-order valence-corrected chi connectivity index (χ1v) is 3.75. The molecule has 0 spiro atoms. The molecule has 14 heavy (non-hydrogen) atoms. The number of aromatic hydroxyl groups is 1. The smallest absolute Gasteiger partial charge is 0.269 e. The molecule has 76 valence electrons. The maximum atomic E-state index is 12.3. The fourth-order valence-electron chi connectivity index (χ4n) is 0.933. The molecule has 1 heterocycles. The van der Waals surface area contributed by atoms with E-state index in [0.29, 0.717) is 6.07 Å². The van der Waals surface area contributed by atoms with E-state index in [1.807, 2.05) is 4.98 Å². The second kappa shape index (κ2) is 3.75. The number of rotatable bonds is 2. The first kappa shape index (κ1) is 10.6. The maximum absolute atomic E-state index is 12.3. The van der Waals surface area contributed by atoms with Crippen molar-refractivity contribution in [1.29, 1.82) is 0 Å². The van der Waals surface area contributed by atoms with Crippen LogP contribution in [0.3, 0.4) is 0 Å². The van der Waals surface area contributed by atoms with Gasteiger partial charge in [0.05, 0.1) is 5.56 Å². The molecule has 0 aliphatic carbocycles. The Kier molecular flexibility index (Phi) is 2.85. The predicted molar refractivity (Wildman–Crippen MR) is 43.9 cm³/mol. The normalized spacial score (nSPS) is 10.6. The Morgan fingerprint density at radius 1 is 1.57 bits per heavy atom. The van der Waals surface area contributed by atoms with Crippen molar-refractivity contribution in [2.75, 3.05) is 0 Å². The Morgan fingerprint density at radius 2 is 2.14 bits per heavy atom. The molecule has 0 amide bonds. The highest BCUT2D eigenvalue weighted by Gasteiger charge is 2.22. The Bertz CT molecular complexity index is 429. The molecule has 4 nitrogen and oxygen atoms in total. The van der Waals surface area contributed by atoms with Crippen LogP contribution in [0.15, 0.2) is 10.9 Å². The fraction of sp³-hybridized carbons (Fsp3) is 0.143. The third-order valence-electron chi connectivity index (χ3n) is 1.48. The van der Waals surface area contributed by atoms with Crippen molar-refractivity contribution in [2.45, 2.75) is 6.43 Å². The molecular weight excluding hydrogens is 220 g/mol. The summed E-state index contributed by atoms with van der Waals surface area (Å²) in [6, 6.07) is 0.546. The van der Waals surface area contributed by atoms with E-state index in [0.717, 1.165) is 0 Å². The summed E-state index contributed by atoms with van der Waals surface area (Å²) in [5.74, 6) is -0.951.